The minimum absolute atomic E-state index is 0.435. The zero-order valence-electron chi connectivity index (χ0n) is 14.9. The number of hydrogen-bond acceptors (Lipinski definition) is 4. The van der Waals surface area contributed by atoms with Gasteiger partial charge >= 0.3 is 0 Å². The van der Waals surface area contributed by atoms with Crippen molar-refractivity contribution >= 4 is 17.4 Å². The third-order valence-electron chi connectivity index (χ3n) is 3.98. The van der Waals surface area contributed by atoms with Crippen LogP contribution in [0, 0.1) is 10.1 Å². The summed E-state index contributed by atoms with van der Waals surface area (Å²) in [4.78, 5) is 10.1. The van der Waals surface area contributed by atoms with Gasteiger partial charge in [0, 0.05) is 5.69 Å². The average molecular weight is 351 g/mol. The molecule has 0 radical (unpaired) electrons. The van der Waals surface area contributed by atoms with Crippen LogP contribution in [-0.2, 0) is 6.42 Å². The summed E-state index contributed by atoms with van der Waals surface area (Å²) in [5.74, 6) is 0. The van der Waals surface area contributed by atoms with Gasteiger partial charge in [0.05, 0.1) is 4.92 Å². The number of benzene rings is 1. The van der Waals surface area contributed by atoms with Gasteiger partial charge in [-0.25, -0.2) is 0 Å². The van der Waals surface area contributed by atoms with Gasteiger partial charge in [-0.3, -0.25) is 10.1 Å². The van der Waals surface area contributed by atoms with Crippen molar-refractivity contribution in [3.05, 3.63) is 51.2 Å². The Hall–Kier alpha value is -1.49. The van der Waals surface area contributed by atoms with Gasteiger partial charge in [-0.1, -0.05) is 64.0 Å². The second-order valence-corrected chi connectivity index (χ2v) is 6.88. The summed E-state index contributed by atoms with van der Waals surface area (Å²) in [5, 5.41) is 14.1. The molecular formula is C19H30N2O2S. The number of thioether (sulfide) groups is 1. The molecule has 1 aromatic carbocycles. The Bertz CT molecular complexity index is 501. The van der Waals surface area contributed by atoms with Crippen LogP contribution in [0.2, 0.25) is 0 Å². The molecule has 0 saturated carbocycles. The Labute approximate surface area is 150 Å². The maximum atomic E-state index is 10.5. The number of unbranched alkanes of at least 4 members (excludes halogenated alkanes) is 7. The zero-order chi connectivity index (χ0) is 17.6. The molecule has 0 heterocycles. The van der Waals surface area contributed by atoms with E-state index in [0.29, 0.717) is 5.03 Å². The van der Waals surface area contributed by atoms with Gasteiger partial charge in [0.25, 0.3) is 6.20 Å². The topological polar surface area (TPSA) is 55.2 Å². The smallest absolute Gasteiger partial charge is 0.264 e. The number of aryl methyl sites for hydroxylation is 1. The SMILES string of the molecule is CCCCCCCCCCc1ccc(N/C(=C/[N+](=O)[O-])SC)cc1. The third-order valence-corrected chi connectivity index (χ3v) is 4.63. The summed E-state index contributed by atoms with van der Waals surface area (Å²) in [5.41, 5.74) is 2.22. The van der Waals surface area contributed by atoms with Gasteiger partial charge in [-0.05, 0) is 36.8 Å². The normalized spacial score (nSPS) is 11.5. The number of nitrogens with zero attached hydrogens (tertiary/aromatic N) is 1. The molecule has 4 nitrogen and oxygen atoms in total. The van der Waals surface area contributed by atoms with Crippen LogP contribution < -0.4 is 5.32 Å². The number of anilines is 1. The van der Waals surface area contributed by atoms with Gasteiger partial charge < -0.3 is 5.32 Å². The third kappa shape index (κ3) is 9.60. The van der Waals surface area contributed by atoms with Crippen molar-refractivity contribution < 1.29 is 4.92 Å². The van der Waals surface area contributed by atoms with E-state index in [0.717, 1.165) is 18.3 Å². The minimum atomic E-state index is -0.435. The molecule has 1 N–H and O–H groups in total. The summed E-state index contributed by atoms with van der Waals surface area (Å²) in [6.45, 7) is 2.25. The second kappa shape index (κ2) is 12.9. The molecule has 5 heteroatoms. The van der Waals surface area contributed by atoms with E-state index >= 15 is 0 Å². The molecule has 1 aromatic rings. The van der Waals surface area contributed by atoms with E-state index in [1.54, 1.807) is 0 Å². The highest BCUT2D eigenvalue weighted by Crippen LogP contribution is 2.19. The molecule has 0 atom stereocenters. The standard InChI is InChI=1S/C19H30N2O2S/c1-3-4-5-6-7-8-9-10-11-17-12-14-18(15-13-17)20-19(24-2)16-21(22)23/h12-16,20H,3-11H2,1-2H3/b19-16-. The van der Waals surface area contributed by atoms with Crippen LogP contribution in [0.1, 0.15) is 63.9 Å². The molecule has 0 aliphatic carbocycles. The predicted molar refractivity (Wildman–Crippen MR) is 105 cm³/mol. The van der Waals surface area contributed by atoms with Crippen LogP contribution in [0.4, 0.5) is 5.69 Å². The van der Waals surface area contributed by atoms with Crippen LogP contribution in [0.25, 0.3) is 0 Å². The lowest BCUT2D eigenvalue weighted by atomic mass is 10.0. The zero-order valence-corrected chi connectivity index (χ0v) is 15.7. The Morgan fingerprint density at radius 1 is 1.08 bits per heavy atom. The van der Waals surface area contributed by atoms with E-state index < -0.39 is 4.92 Å². The number of nitro groups is 1. The number of rotatable bonds is 13. The second-order valence-electron chi connectivity index (χ2n) is 6.03. The van der Waals surface area contributed by atoms with E-state index in [2.05, 4.69) is 24.4 Å². The van der Waals surface area contributed by atoms with E-state index in [9.17, 15) is 10.1 Å². The van der Waals surface area contributed by atoms with Crippen LogP contribution in [0.15, 0.2) is 35.5 Å². The fraction of sp³-hybridized carbons (Fsp3) is 0.579. The molecule has 0 spiro atoms. The molecule has 0 saturated heterocycles. The lowest BCUT2D eigenvalue weighted by molar-refractivity contribution is -0.402. The predicted octanol–water partition coefficient (Wildman–Crippen LogP) is 6.22. The lowest BCUT2D eigenvalue weighted by Crippen LogP contribution is -1.99. The van der Waals surface area contributed by atoms with Crippen LogP contribution in [-0.4, -0.2) is 11.2 Å². The summed E-state index contributed by atoms with van der Waals surface area (Å²) >= 11 is 1.33. The molecule has 0 fully saturated rings. The Morgan fingerprint density at radius 2 is 1.67 bits per heavy atom. The molecule has 24 heavy (non-hydrogen) atoms. The van der Waals surface area contributed by atoms with Gasteiger partial charge in [-0.15, -0.1) is 11.8 Å². The molecule has 1 rings (SSSR count). The highest BCUT2D eigenvalue weighted by molar-refractivity contribution is 8.02. The molecule has 134 valence electrons. The summed E-state index contributed by atoms with van der Waals surface area (Å²) in [6.07, 6.45) is 14.6. The van der Waals surface area contributed by atoms with E-state index in [4.69, 9.17) is 0 Å². The Morgan fingerprint density at radius 3 is 2.21 bits per heavy atom. The monoisotopic (exact) mass is 350 g/mol. The quantitative estimate of drug-likeness (QED) is 0.261. The van der Waals surface area contributed by atoms with Crippen molar-refractivity contribution in [2.45, 2.75) is 64.7 Å². The van der Waals surface area contributed by atoms with Crippen molar-refractivity contribution in [1.29, 1.82) is 0 Å². The van der Waals surface area contributed by atoms with Crippen molar-refractivity contribution in [1.82, 2.24) is 0 Å². The molecule has 0 bridgehead atoms. The number of hydrogen-bond donors (Lipinski definition) is 1. The summed E-state index contributed by atoms with van der Waals surface area (Å²) in [6, 6.07) is 8.19. The first kappa shape index (κ1) is 20.6. The van der Waals surface area contributed by atoms with E-state index in [1.807, 2.05) is 18.4 Å². The first-order valence-electron chi connectivity index (χ1n) is 8.91. The maximum absolute atomic E-state index is 10.5. The minimum Gasteiger partial charge on any atom is -0.345 e. The summed E-state index contributed by atoms with van der Waals surface area (Å²) in [7, 11) is 0. The highest BCUT2D eigenvalue weighted by atomic mass is 32.2. The molecule has 0 amide bonds. The lowest BCUT2D eigenvalue weighted by Gasteiger charge is -2.07. The number of nitrogens with one attached hydrogen (secondary N) is 1. The molecule has 0 aliphatic heterocycles. The maximum Gasteiger partial charge on any atom is 0.264 e. The molecular weight excluding hydrogens is 320 g/mol. The van der Waals surface area contributed by atoms with Crippen LogP contribution in [0.5, 0.6) is 0 Å². The van der Waals surface area contributed by atoms with E-state index in [1.165, 1.54) is 68.7 Å². The van der Waals surface area contributed by atoms with Crippen LogP contribution in [0.3, 0.4) is 0 Å². The molecule has 0 aliphatic rings. The highest BCUT2D eigenvalue weighted by Gasteiger charge is 2.02. The Kier molecular flexibility index (Phi) is 11.0. The Balaban J connectivity index is 2.26. The largest absolute Gasteiger partial charge is 0.345 e. The van der Waals surface area contributed by atoms with Crippen molar-refractivity contribution in [2.75, 3.05) is 11.6 Å². The molecule has 0 unspecified atom stereocenters. The van der Waals surface area contributed by atoms with Crippen molar-refractivity contribution in [2.24, 2.45) is 0 Å². The first-order chi connectivity index (χ1) is 11.7. The van der Waals surface area contributed by atoms with Crippen molar-refractivity contribution in [3.63, 3.8) is 0 Å². The average Bonchev–Trinajstić information content (AvgIpc) is 2.57. The fourth-order valence-corrected chi connectivity index (χ4v) is 3.00. The van der Waals surface area contributed by atoms with Gasteiger partial charge in [0.1, 0.15) is 5.03 Å². The van der Waals surface area contributed by atoms with Gasteiger partial charge in [0.15, 0.2) is 0 Å². The fourth-order valence-electron chi connectivity index (χ4n) is 2.59. The molecule has 0 aromatic heterocycles. The van der Waals surface area contributed by atoms with Gasteiger partial charge in [0.2, 0.25) is 0 Å². The van der Waals surface area contributed by atoms with Crippen LogP contribution >= 0.6 is 11.8 Å². The summed E-state index contributed by atoms with van der Waals surface area (Å²) < 4.78 is 0. The van der Waals surface area contributed by atoms with Gasteiger partial charge in [-0.2, -0.15) is 0 Å². The van der Waals surface area contributed by atoms with E-state index in [-0.39, 0.29) is 0 Å². The van der Waals surface area contributed by atoms with Crippen molar-refractivity contribution in [3.8, 4) is 0 Å². The first-order valence-corrected chi connectivity index (χ1v) is 10.1.